The summed E-state index contributed by atoms with van der Waals surface area (Å²) in [5.41, 5.74) is 0.400. The number of esters is 1. The van der Waals surface area contributed by atoms with Gasteiger partial charge in [0.05, 0.1) is 6.61 Å². The number of sulfone groups is 1. The smallest absolute Gasteiger partial charge is 0.332 e. The SMILES string of the molecule is CCOC(=O)C(C)(c1ccccc1)S(=O)(=O)c1cccs1. The minimum absolute atomic E-state index is 0.126. The molecule has 0 bridgehead atoms. The first kappa shape index (κ1) is 15.7. The number of hydrogen-bond donors (Lipinski definition) is 0. The molecule has 2 rings (SSSR count). The van der Waals surface area contributed by atoms with Crippen molar-refractivity contribution in [2.24, 2.45) is 0 Å². The molecule has 1 atom stereocenters. The molecule has 0 radical (unpaired) electrons. The van der Waals surface area contributed by atoms with Crippen LogP contribution in [0.4, 0.5) is 0 Å². The lowest BCUT2D eigenvalue weighted by molar-refractivity contribution is -0.146. The molecule has 1 heterocycles. The van der Waals surface area contributed by atoms with Crippen molar-refractivity contribution in [3.8, 4) is 0 Å². The van der Waals surface area contributed by atoms with Crippen molar-refractivity contribution in [3.63, 3.8) is 0 Å². The van der Waals surface area contributed by atoms with Crippen LogP contribution < -0.4 is 0 Å². The summed E-state index contributed by atoms with van der Waals surface area (Å²) < 4.78 is 29.3. The normalized spacial score (nSPS) is 14.4. The van der Waals surface area contributed by atoms with Gasteiger partial charge in [-0.3, -0.25) is 0 Å². The predicted octanol–water partition coefficient (Wildman–Crippen LogP) is 3.00. The van der Waals surface area contributed by atoms with E-state index in [0.29, 0.717) is 5.56 Å². The molecule has 0 saturated heterocycles. The summed E-state index contributed by atoms with van der Waals surface area (Å²) in [4.78, 5) is 12.4. The Kier molecular flexibility index (Phi) is 4.49. The molecule has 1 aromatic carbocycles. The van der Waals surface area contributed by atoms with Gasteiger partial charge in [-0.2, -0.15) is 0 Å². The zero-order valence-electron chi connectivity index (χ0n) is 11.8. The van der Waals surface area contributed by atoms with Crippen molar-refractivity contribution in [1.82, 2.24) is 0 Å². The van der Waals surface area contributed by atoms with Crippen LogP contribution in [-0.2, 0) is 24.1 Å². The largest absolute Gasteiger partial charge is 0.465 e. The van der Waals surface area contributed by atoms with E-state index in [1.54, 1.807) is 48.7 Å². The highest BCUT2D eigenvalue weighted by molar-refractivity contribution is 7.95. The number of carbonyl (C=O) groups is 1. The van der Waals surface area contributed by atoms with Crippen molar-refractivity contribution in [3.05, 3.63) is 53.4 Å². The van der Waals surface area contributed by atoms with Gasteiger partial charge in [0.15, 0.2) is 4.75 Å². The highest BCUT2D eigenvalue weighted by Crippen LogP contribution is 2.38. The maximum atomic E-state index is 12.9. The van der Waals surface area contributed by atoms with Crippen molar-refractivity contribution in [2.75, 3.05) is 6.61 Å². The molecular weight excluding hydrogens is 308 g/mol. The Labute approximate surface area is 128 Å². The van der Waals surface area contributed by atoms with E-state index in [1.165, 1.54) is 13.0 Å². The molecule has 112 valence electrons. The summed E-state index contributed by atoms with van der Waals surface area (Å²) in [7, 11) is -3.89. The summed E-state index contributed by atoms with van der Waals surface area (Å²) in [5, 5.41) is 1.67. The van der Waals surface area contributed by atoms with Crippen LogP contribution >= 0.6 is 11.3 Å². The number of carbonyl (C=O) groups excluding carboxylic acids is 1. The Morgan fingerprint density at radius 3 is 2.38 bits per heavy atom. The summed E-state index contributed by atoms with van der Waals surface area (Å²) in [5.74, 6) is -0.760. The number of thiophene rings is 1. The number of hydrogen-bond acceptors (Lipinski definition) is 5. The van der Waals surface area contributed by atoms with Crippen LogP contribution in [0.15, 0.2) is 52.1 Å². The maximum absolute atomic E-state index is 12.9. The molecule has 0 aliphatic rings. The number of rotatable bonds is 5. The molecule has 0 aliphatic heterocycles. The zero-order valence-corrected chi connectivity index (χ0v) is 13.4. The fourth-order valence-electron chi connectivity index (χ4n) is 2.03. The third kappa shape index (κ3) is 2.61. The molecule has 2 aromatic rings. The van der Waals surface area contributed by atoms with E-state index in [2.05, 4.69) is 0 Å². The third-order valence-corrected chi connectivity index (χ3v) is 7.04. The molecule has 0 fully saturated rings. The summed E-state index contributed by atoms with van der Waals surface area (Å²) in [6, 6.07) is 11.6. The van der Waals surface area contributed by atoms with E-state index < -0.39 is 20.6 Å². The zero-order chi connectivity index (χ0) is 15.5. The first-order valence-electron chi connectivity index (χ1n) is 6.45. The van der Waals surface area contributed by atoms with Crippen molar-refractivity contribution in [1.29, 1.82) is 0 Å². The molecule has 0 saturated carbocycles. The van der Waals surface area contributed by atoms with E-state index in [0.717, 1.165) is 11.3 Å². The Morgan fingerprint density at radius 1 is 1.19 bits per heavy atom. The topological polar surface area (TPSA) is 60.4 Å². The minimum atomic E-state index is -3.89. The average molecular weight is 324 g/mol. The summed E-state index contributed by atoms with van der Waals surface area (Å²) in [6.07, 6.45) is 0. The quantitative estimate of drug-likeness (QED) is 0.793. The highest BCUT2D eigenvalue weighted by atomic mass is 32.2. The Morgan fingerprint density at radius 2 is 1.86 bits per heavy atom. The lowest BCUT2D eigenvalue weighted by atomic mass is 10.0. The van der Waals surface area contributed by atoms with Gasteiger partial charge in [0.1, 0.15) is 4.21 Å². The van der Waals surface area contributed by atoms with Gasteiger partial charge in [-0.25, -0.2) is 13.2 Å². The maximum Gasteiger partial charge on any atom is 0.332 e. The second kappa shape index (κ2) is 5.99. The van der Waals surface area contributed by atoms with Gasteiger partial charge >= 0.3 is 5.97 Å². The monoisotopic (exact) mass is 324 g/mol. The summed E-state index contributed by atoms with van der Waals surface area (Å²) >= 11 is 1.09. The average Bonchev–Trinajstić information content (AvgIpc) is 3.02. The van der Waals surface area contributed by atoms with Crippen molar-refractivity contribution < 1.29 is 17.9 Å². The Balaban J connectivity index is 2.65. The standard InChI is InChI=1S/C15H16O4S2/c1-3-19-14(16)15(2,12-8-5-4-6-9-12)21(17,18)13-10-7-11-20-13/h4-11H,3H2,1-2H3. The van der Waals surface area contributed by atoms with Crippen molar-refractivity contribution >= 4 is 27.1 Å². The predicted molar refractivity (Wildman–Crippen MR) is 81.9 cm³/mol. The van der Waals surface area contributed by atoms with Gasteiger partial charge in [-0.1, -0.05) is 36.4 Å². The van der Waals surface area contributed by atoms with Crippen LogP contribution in [0.5, 0.6) is 0 Å². The van der Waals surface area contributed by atoms with Gasteiger partial charge < -0.3 is 4.74 Å². The van der Waals surface area contributed by atoms with E-state index in [9.17, 15) is 13.2 Å². The van der Waals surface area contributed by atoms with Crippen LogP contribution in [0.25, 0.3) is 0 Å². The van der Waals surface area contributed by atoms with Gasteiger partial charge in [0.2, 0.25) is 9.84 Å². The number of ether oxygens (including phenoxy) is 1. The molecule has 0 N–H and O–H groups in total. The van der Waals surface area contributed by atoms with Crippen LogP contribution in [0.2, 0.25) is 0 Å². The Hall–Kier alpha value is -1.66. The molecule has 1 aromatic heterocycles. The van der Waals surface area contributed by atoms with Crippen LogP contribution in [-0.4, -0.2) is 21.0 Å². The van der Waals surface area contributed by atoms with E-state index in [4.69, 9.17) is 4.74 Å². The molecule has 21 heavy (non-hydrogen) atoms. The fraction of sp³-hybridized carbons (Fsp3) is 0.267. The Bertz CT molecular complexity index is 705. The first-order chi connectivity index (χ1) is 9.94. The van der Waals surface area contributed by atoms with Gasteiger partial charge in [0, 0.05) is 0 Å². The summed E-state index contributed by atoms with van der Waals surface area (Å²) in [6.45, 7) is 3.18. The molecular formula is C15H16O4S2. The lowest BCUT2D eigenvalue weighted by Crippen LogP contribution is -2.42. The second-order valence-electron chi connectivity index (χ2n) is 4.56. The van der Waals surface area contributed by atoms with Gasteiger partial charge in [-0.05, 0) is 30.9 Å². The lowest BCUT2D eigenvalue weighted by Gasteiger charge is -2.27. The van der Waals surface area contributed by atoms with Gasteiger partial charge in [0.25, 0.3) is 0 Å². The van der Waals surface area contributed by atoms with Crippen LogP contribution in [0.3, 0.4) is 0 Å². The van der Waals surface area contributed by atoms with Crippen LogP contribution in [0.1, 0.15) is 19.4 Å². The fourth-order valence-corrected chi connectivity index (χ4v) is 5.03. The van der Waals surface area contributed by atoms with E-state index in [-0.39, 0.29) is 10.8 Å². The molecule has 0 amide bonds. The second-order valence-corrected chi connectivity index (χ2v) is 8.02. The third-order valence-electron chi connectivity index (χ3n) is 3.29. The molecule has 1 unspecified atom stereocenters. The van der Waals surface area contributed by atoms with E-state index in [1.807, 2.05) is 0 Å². The number of benzene rings is 1. The molecule has 4 nitrogen and oxygen atoms in total. The first-order valence-corrected chi connectivity index (χ1v) is 8.81. The molecule has 0 aliphatic carbocycles. The van der Waals surface area contributed by atoms with Gasteiger partial charge in [-0.15, -0.1) is 11.3 Å². The van der Waals surface area contributed by atoms with Crippen molar-refractivity contribution in [2.45, 2.75) is 22.8 Å². The molecule has 0 spiro atoms. The minimum Gasteiger partial charge on any atom is -0.465 e. The molecule has 6 heteroatoms. The van der Waals surface area contributed by atoms with Crippen LogP contribution in [0, 0.1) is 0 Å². The highest BCUT2D eigenvalue weighted by Gasteiger charge is 2.50. The van der Waals surface area contributed by atoms with E-state index >= 15 is 0 Å².